The van der Waals surface area contributed by atoms with Crippen molar-refractivity contribution in [1.82, 2.24) is 9.80 Å². The third-order valence-corrected chi connectivity index (χ3v) is 5.98. The Hall–Kier alpha value is -1.59. The van der Waals surface area contributed by atoms with Gasteiger partial charge in [-0.15, -0.1) is 0 Å². The van der Waals surface area contributed by atoms with Gasteiger partial charge in [-0.25, -0.2) is 0 Å². The molecule has 2 heterocycles. The maximum Gasteiger partial charge on any atom is 0.263 e. The molecule has 0 radical (unpaired) electrons. The van der Waals surface area contributed by atoms with Crippen LogP contribution in [0.15, 0.2) is 18.2 Å². The number of piperidine rings is 1. The first kappa shape index (κ1) is 20.2. The number of ether oxygens (including phenoxy) is 2. The van der Waals surface area contributed by atoms with Gasteiger partial charge in [0, 0.05) is 19.2 Å². The minimum atomic E-state index is -0.492. The van der Waals surface area contributed by atoms with Crippen molar-refractivity contribution in [3.05, 3.63) is 29.3 Å². The Morgan fingerprint density at radius 3 is 2.63 bits per heavy atom. The maximum absolute atomic E-state index is 13.3. The topological polar surface area (TPSA) is 42.0 Å². The van der Waals surface area contributed by atoms with E-state index in [4.69, 9.17) is 9.47 Å². The van der Waals surface area contributed by atoms with E-state index in [1.54, 1.807) is 0 Å². The number of rotatable bonds is 6. The standard InChI is InChI=1S/C22H34N2O3/c1-16-7-8-20(14-17(16)2)27-18(3)22(25)24(15-21-6-5-13-26-21)19-9-11-23(4)12-10-19/h7-8,14,18-19,21H,5-6,9-13,15H2,1-4H3. The number of aryl methyl sites for hydroxylation is 2. The van der Waals surface area contributed by atoms with Gasteiger partial charge in [0.25, 0.3) is 5.91 Å². The van der Waals surface area contributed by atoms with Crippen LogP contribution >= 0.6 is 0 Å². The predicted octanol–water partition coefficient (Wildman–Crippen LogP) is 3.17. The van der Waals surface area contributed by atoms with E-state index < -0.39 is 6.10 Å². The normalized spacial score (nSPS) is 22.6. The van der Waals surface area contributed by atoms with E-state index >= 15 is 0 Å². The fourth-order valence-corrected chi connectivity index (χ4v) is 4.01. The van der Waals surface area contributed by atoms with Gasteiger partial charge in [-0.1, -0.05) is 6.07 Å². The van der Waals surface area contributed by atoms with Crippen molar-refractivity contribution in [3.8, 4) is 5.75 Å². The lowest BCUT2D eigenvalue weighted by Crippen LogP contribution is -2.52. The van der Waals surface area contributed by atoms with E-state index in [2.05, 4.69) is 30.7 Å². The Labute approximate surface area is 163 Å². The fourth-order valence-electron chi connectivity index (χ4n) is 4.01. The molecule has 2 fully saturated rings. The maximum atomic E-state index is 13.3. The summed E-state index contributed by atoms with van der Waals surface area (Å²) in [5, 5.41) is 0. The van der Waals surface area contributed by atoms with Crippen LogP contribution in [0.4, 0.5) is 0 Å². The zero-order valence-electron chi connectivity index (χ0n) is 17.2. The number of carbonyl (C=O) groups excluding carboxylic acids is 1. The van der Waals surface area contributed by atoms with Gasteiger partial charge >= 0.3 is 0 Å². The Balaban J connectivity index is 1.69. The second kappa shape index (κ2) is 9.07. The van der Waals surface area contributed by atoms with Crippen LogP contribution in [0.5, 0.6) is 5.75 Å². The number of carbonyl (C=O) groups is 1. The Morgan fingerprint density at radius 1 is 1.26 bits per heavy atom. The molecule has 150 valence electrons. The van der Waals surface area contributed by atoms with Gasteiger partial charge in [-0.3, -0.25) is 4.79 Å². The van der Waals surface area contributed by atoms with Crippen molar-refractivity contribution >= 4 is 5.91 Å². The summed E-state index contributed by atoms with van der Waals surface area (Å²) in [4.78, 5) is 17.7. The van der Waals surface area contributed by atoms with Crippen molar-refractivity contribution in [1.29, 1.82) is 0 Å². The van der Waals surface area contributed by atoms with Gasteiger partial charge < -0.3 is 19.3 Å². The Morgan fingerprint density at radius 2 is 2.00 bits per heavy atom. The lowest BCUT2D eigenvalue weighted by Gasteiger charge is -2.39. The number of likely N-dealkylation sites (tertiary alicyclic amines) is 1. The van der Waals surface area contributed by atoms with Crippen LogP contribution in [0, 0.1) is 13.8 Å². The summed E-state index contributed by atoms with van der Waals surface area (Å²) in [6, 6.07) is 6.29. The number of amides is 1. The van der Waals surface area contributed by atoms with Crippen LogP contribution in [-0.2, 0) is 9.53 Å². The van der Waals surface area contributed by atoms with Gasteiger partial charge in [0.05, 0.1) is 6.10 Å². The highest BCUT2D eigenvalue weighted by molar-refractivity contribution is 5.81. The smallest absolute Gasteiger partial charge is 0.263 e. The molecule has 0 spiro atoms. The van der Waals surface area contributed by atoms with Crippen molar-refractivity contribution in [3.63, 3.8) is 0 Å². The molecule has 0 saturated carbocycles. The highest BCUT2D eigenvalue weighted by Gasteiger charge is 2.33. The molecule has 5 heteroatoms. The zero-order valence-corrected chi connectivity index (χ0v) is 17.2. The average molecular weight is 375 g/mol. The number of hydrogen-bond acceptors (Lipinski definition) is 4. The number of nitrogens with zero attached hydrogens (tertiary/aromatic N) is 2. The van der Waals surface area contributed by atoms with Crippen molar-refractivity contribution in [2.45, 2.75) is 64.7 Å². The molecule has 1 aromatic carbocycles. The Bertz CT molecular complexity index is 634. The van der Waals surface area contributed by atoms with E-state index in [0.29, 0.717) is 6.54 Å². The van der Waals surface area contributed by atoms with E-state index in [1.807, 2.05) is 25.1 Å². The van der Waals surface area contributed by atoms with Crippen LogP contribution in [0.1, 0.15) is 43.7 Å². The molecule has 2 aliphatic rings. The highest BCUT2D eigenvalue weighted by Crippen LogP contribution is 2.23. The van der Waals surface area contributed by atoms with Crippen LogP contribution in [0.25, 0.3) is 0 Å². The number of benzene rings is 1. The second-order valence-electron chi connectivity index (χ2n) is 8.17. The molecule has 0 N–H and O–H groups in total. The van der Waals surface area contributed by atoms with Crippen molar-refractivity contribution in [2.24, 2.45) is 0 Å². The van der Waals surface area contributed by atoms with Crippen LogP contribution < -0.4 is 4.74 Å². The fraction of sp³-hybridized carbons (Fsp3) is 0.682. The summed E-state index contributed by atoms with van der Waals surface area (Å²) in [6.07, 6.45) is 3.85. The molecule has 27 heavy (non-hydrogen) atoms. The van der Waals surface area contributed by atoms with Gasteiger partial charge in [-0.05, 0) is 89.9 Å². The predicted molar refractivity (Wildman–Crippen MR) is 107 cm³/mol. The lowest BCUT2D eigenvalue weighted by molar-refractivity contribution is -0.143. The minimum Gasteiger partial charge on any atom is -0.481 e. The quantitative estimate of drug-likeness (QED) is 0.767. The third-order valence-electron chi connectivity index (χ3n) is 5.98. The summed E-state index contributed by atoms with van der Waals surface area (Å²) in [6.45, 7) is 9.59. The molecule has 0 bridgehead atoms. The van der Waals surface area contributed by atoms with Crippen molar-refractivity contribution < 1.29 is 14.3 Å². The molecular weight excluding hydrogens is 340 g/mol. The van der Waals surface area contributed by atoms with Crippen LogP contribution in [0.3, 0.4) is 0 Å². The van der Waals surface area contributed by atoms with E-state index in [1.165, 1.54) is 11.1 Å². The van der Waals surface area contributed by atoms with E-state index in [9.17, 15) is 4.79 Å². The summed E-state index contributed by atoms with van der Waals surface area (Å²) in [7, 11) is 2.15. The molecule has 2 aliphatic heterocycles. The van der Waals surface area contributed by atoms with Gasteiger partial charge in [-0.2, -0.15) is 0 Å². The first-order valence-electron chi connectivity index (χ1n) is 10.3. The molecule has 0 aromatic heterocycles. The summed E-state index contributed by atoms with van der Waals surface area (Å²) < 4.78 is 11.9. The van der Waals surface area contributed by atoms with Crippen LogP contribution in [-0.4, -0.2) is 67.2 Å². The molecular formula is C22H34N2O3. The molecule has 0 aliphatic carbocycles. The third kappa shape index (κ3) is 5.23. The van der Waals surface area contributed by atoms with Crippen molar-refractivity contribution in [2.75, 3.05) is 33.3 Å². The first-order valence-corrected chi connectivity index (χ1v) is 10.3. The van der Waals surface area contributed by atoms with E-state index in [-0.39, 0.29) is 18.1 Å². The molecule has 5 nitrogen and oxygen atoms in total. The second-order valence-corrected chi connectivity index (χ2v) is 8.17. The minimum absolute atomic E-state index is 0.0817. The first-order chi connectivity index (χ1) is 12.9. The molecule has 2 atom stereocenters. The molecule has 3 rings (SSSR count). The van der Waals surface area contributed by atoms with Gasteiger partial charge in [0.1, 0.15) is 5.75 Å². The van der Waals surface area contributed by atoms with Gasteiger partial charge in [0.2, 0.25) is 0 Å². The molecule has 1 aromatic rings. The lowest BCUT2D eigenvalue weighted by atomic mass is 10.0. The SMILES string of the molecule is Cc1ccc(OC(C)C(=O)N(CC2CCCO2)C2CCN(C)CC2)cc1C. The van der Waals surface area contributed by atoms with Crippen LogP contribution in [0.2, 0.25) is 0 Å². The van der Waals surface area contributed by atoms with E-state index in [0.717, 1.165) is 51.1 Å². The summed E-state index contributed by atoms with van der Waals surface area (Å²) >= 11 is 0. The highest BCUT2D eigenvalue weighted by atomic mass is 16.5. The monoisotopic (exact) mass is 374 g/mol. The molecule has 2 unspecified atom stereocenters. The largest absolute Gasteiger partial charge is 0.481 e. The summed E-state index contributed by atoms with van der Waals surface area (Å²) in [5.74, 6) is 0.845. The number of hydrogen-bond donors (Lipinski definition) is 0. The molecule has 2 saturated heterocycles. The average Bonchev–Trinajstić information content (AvgIpc) is 3.16. The summed E-state index contributed by atoms with van der Waals surface area (Å²) in [5.41, 5.74) is 2.41. The zero-order chi connectivity index (χ0) is 19.4. The molecule has 1 amide bonds. The van der Waals surface area contributed by atoms with Gasteiger partial charge in [0.15, 0.2) is 6.10 Å². The Kier molecular flexibility index (Phi) is 6.77.